The molecule has 1 N–H and O–H groups in total. The second-order valence-electron chi connectivity index (χ2n) is 4.30. The molecule has 0 atom stereocenters. The monoisotopic (exact) mass is 300 g/mol. The minimum Gasteiger partial charge on any atom is -0.324 e. The van der Waals surface area contributed by atoms with Crippen molar-refractivity contribution in [3.8, 4) is 6.07 Å². The number of carbonyl (C=O) groups is 1. The maximum atomic E-state index is 13.1. The fraction of sp³-hybridized carbons (Fsp3) is 0.125. The maximum absolute atomic E-state index is 13.1. The molecule has 2 aromatic carbocycles. The van der Waals surface area contributed by atoms with E-state index in [0.29, 0.717) is 11.4 Å². The molecule has 0 bridgehead atoms. The lowest BCUT2D eigenvalue weighted by Gasteiger charge is -2.09. The zero-order chi connectivity index (χ0) is 15.1. The number of anilines is 1. The number of rotatable bonds is 5. The number of halogens is 1. The summed E-state index contributed by atoms with van der Waals surface area (Å²) >= 11 is 1.50. The molecule has 2 aromatic rings. The number of nitrogens with one attached hydrogen (secondary N) is 1. The van der Waals surface area contributed by atoms with Gasteiger partial charge < -0.3 is 5.32 Å². The zero-order valence-corrected chi connectivity index (χ0v) is 12.0. The third kappa shape index (κ3) is 4.62. The fourth-order valence-corrected chi connectivity index (χ4v) is 2.70. The Labute approximate surface area is 126 Å². The van der Waals surface area contributed by atoms with Gasteiger partial charge in [0.15, 0.2) is 0 Å². The Kier molecular flexibility index (Phi) is 5.35. The molecular weight excluding hydrogens is 287 g/mol. The van der Waals surface area contributed by atoms with Gasteiger partial charge in [-0.3, -0.25) is 4.79 Å². The Bertz CT molecular complexity index is 682. The molecular formula is C16H13FN2OS. The Morgan fingerprint density at radius 2 is 2.05 bits per heavy atom. The van der Waals surface area contributed by atoms with Crippen LogP contribution >= 0.6 is 11.8 Å². The highest BCUT2D eigenvalue weighted by Gasteiger charge is 2.07. The molecule has 0 spiro atoms. The van der Waals surface area contributed by atoms with Crippen molar-refractivity contribution < 1.29 is 9.18 Å². The molecule has 2 rings (SSSR count). The topological polar surface area (TPSA) is 52.9 Å². The van der Waals surface area contributed by atoms with Gasteiger partial charge in [-0.05, 0) is 29.8 Å². The predicted molar refractivity (Wildman–Crippen MR) is 81.3 cm³/mol. The molecule has 0 aromatic heterocycles. The summed E-state index contributed by atoms with van der Waals surface area (Å²) in [6.45, 7) is 0. The number of benzene rings is 2. The van der Waals surface area contributed by atoms with Crippen LogP contribution in [0.4, 0.5) is 10.1 Å². The van der Waals surface area contributed by atoms with Crippen LogP contribution in [-0.4, -0.2) is 5.91 Å². The summed E-state index contributed by atoms with van der Waals surface area (Å²) in [6, 6.07) is 15.6. The number of thioether (sulfide) groups is 1. The van der Waals surface area contributed by atoms with E-state index in [0.717, 1.165) is 10.5 Å². The van der Waals surface area contributed by atoms with Crippen molar-refractivity contribution in [2.75, 3.05) is 5.32 Å². The molecule has 0 aliphatic carbocycles. The summed E-state index contributed by atoms with van der Waals surface area (Å²) in [4.78, 5) is 12.4. The Hall–Kier alpha value is -2.32. The van der Waals surface area contributed by atoms with Gasteiger partial charge in [0.2, 0.25) is 5.91 Å². The SMILES string of the molecule is N#CCC(=O)Nc1ccccc1SCc1cccc(F)c1. The summed E-state index contributed by atoms with van der Waals surface area (Å²) < 4.78 is 13.1. The zero-order valence-electron chi connectivity index (χ0n) is 11.2. The van der Waals surface area contributed by atoms with Crippen LogP contribution in [0.25, 0.3) is 0 Å². The lowest BCUT2D eigenvalue weighted by molar-refractivity contribution is -0.115. The predicted octanol–water partition coefficient (Wildman–Crippen LogP) is 3.97. The molecule has 0 fully saturated rings. The van der Waals surface area contributed by atoms with E-state index in [1.54, 1.807) is 12.1 Å². The number of hydrogen-bond donors (Lipinski definition) is 1. The van der Waals surface area contributed by atoms with E-state index in [9.17, 15) is 9.18 Å². The number of para-hydroxylation sites is 1. The van der Waals surface area contributed by atoms with Gasteiger partial charge in [-0.2, -0.15) is 5.26 Å². The molecule has 0 radical (unpaired) electrons. The van der Waals surface area contributed by atoms with Crippen LogP contribution in [0.3, 0.4) is 0 Å². The molecule has 1 amide bonds. The van der Waals surface area contributed by atoms with Gasteiger partial charge in [0.1, 0.15) is 12.2 Å². The maximum Gasteiger partial charge on any atom is 0.238 e. The third-order valence-electron chi connectivity index (χ3n) is 2.68. The van der Waals surface area contributed by atoms with Gasteiger partial charge in [-0.1, -0.05) is 24.3 Å². The highest BCUT2D eigenvalue weighted by atomic mass is 32.2. The summed E-state index contributed by atoms with van der Waals surface area (Å²) in [6.07, 6.45) is -0.178. The number of hydrogen-bond acceptors (Lipinski definition) is 3. The van der Waals surface area contributed by atoms with E-state index in [4.69, 9.17) is 5.26 Å². The lowest BCUT2D eigenvalue weighted by atomic mass is 10.2. The lowest BCUT2D eigenvalue weighted by Crippen LogP contribution is -2.10. The second-order valence-corrected chi connectivity index (χ2v) is 5.31. The average Bonchev–Trinajstić information content (AvgIpc) is 2.47. The smallest absolute Gasteiger partial charge is 0.238 e. The Morgan fingerprint density at radius 1 is 1.24 bits per heavy atom. The van der Waals surface area contributed by atoms with Gasteiger partial charge in [0.25, 0.3) is 0 Å². The molecule has 0 unspecified atom stereocenters. The van der Waals surface area contributed by atoms with Gasteiger partial charge in [0.05, 0.1) is 11.8 Å². The van der Waals surface area contributed by atoms with Crippen molar-refractivity contribution >= 4 is 23.4 Å². The van der Waals surface area contributed by atoms with Crippen LogP contribution in [0.5, 0.6) is 0 Å². The summed E-state index contributed by atoms with van der Waals surface area (Å²) in [5.74, 6) is 0.00288. The standard InChI is InChI=1S/C16H13FN2OS/c17-13-5-3-4-12(10-13)11-21-15-7-2-1-6-14(15)19-16(20)8-9-18/h1-7,10H,8,11H2,(H,19,20). The largest absolute Gasteiger partial charge is 0.324 e. The molecule has 3 nitrogen and oxygen atoms in total. The van der Waals surface area contributed by atoms with Crippen LogP contribution in [-0.2, 0) is 10.5 Å². The second kappa shape index (κ2) is 7.46. The van der Waals surface area contributed by atoms with Crippen LogP contribution in [0.2, 0.25) is 0 Å². The Balaban J connectivity index is 2.06. The first-order valence-corrected chi connectivity index (χ1v) is 7.30. The van der Waals surface area contributed by atoms with Crippen molar-refractivity contribution in [1.82, 2.24) is 0 Å². The van der Waals surface area contributed by atoms with Crippen molar-refractivity contribution in [2.45, 2.75) is 17.1 Å². The summed E-state index contributed by atoms with van der Waals surface area (Å²) in [5.41, 5.74) is 1.54. The Morgan fingerprint density at radius 3 is 2.81 bits per heavy atom. The summed E-state index contributed by atoms with van der Waals surface area (Å²) in [7, 11) is 0. The number of amides is 1. The van der Waals surface area contributed by atoms with Crippen molar-refractivity contribution in [2.24, 2.45) is 0 Å². The van der Waals surface area contributed by atoms with Crippen molar-refractivity contribution in [3.05, 3.63) is 59.9 Å². The van der Waals surface area contributed by atoms with E-state index in [2.05, 4.69) is 5.32 Å². The first-order valence-electron chi connectivity index (χ1n) is 6.32. The van der Waals surface area contributed by atoms with E-state index >= 15 is 0 Å². The fourth-order valence-electron chi connectivity index (χ4n) is 1.75. The minimum atomic E-state index is -0.337. The summed E-state index contributed by atoms with van der Waals surface area (Å²) in [5, 5.41) is 11.2. The molecule has 5 heteroatoms. The van der Waals surface area contributed by atoms with Crippen molar-refractivity contribution in [3.63, 3.8) is 0 Å². The first kappa shape index (κ1) is 15.1. The van der Waals surface area contributed by atoms with Crippen molar-refractivity contribution in [1.29, 1.82) is 5.26 Å². The molecule has 0 aliphatic heterocycles. The van der Waals surface area contributed by atoms with Gasteiger partial charge >= 0.3 is 0 Å². The highest BCUT2D eigenvalue weighted by molar-refractivity contribution is 7.98. The number of carbonyl (C=O) groups excluding carboxylic acids is 1. The van der Waals surface area contributed by atoms with Crippen LogP contribution in [0.1, 0.15) is 12.0 Å². The average molecular weight is 300 g/mol. The molecule has 106 valence electrons. The quantitative estimate of drug-likeness (QED) is 0.850. The minimum absolute atomic E-state index is 0.178. The van der Waals surface area contributed by atoms with Gasteiger partial charge in [0, 0.05) is 10.6 Å². The molecule has 0 saturated carbocycles. The number of nitrogens with zero attached hydrogens (tertiary/aromatic N) is 1. The first-order chi connectivity index (χ1) is 10.2. The van der Waals surface area contributed by atoms with E-state index in [1.807, 2.05) is 30.3 Å². The molecule has 0 saturated heterocycles. The third-order valence-corrected chi connectivity index (χ3v) is 3.83. The molecule has 0 heterocycles. The van der Waals surface area contributed by atoms with Gasteiger partial charge in [-0.15, -0.1) is 11.8 Å². The van der Waals surface area contributed by atoms with E-state index in [-0.39, 0.29) is 18.1 Å². The normalized spacial score (nSPS) is 9.90. The van der Waals surface area contributed by atoms with Crippen LogP contribution in [0.15, 0.2) is 53.4 Å². The van der Waals surface area contributed by atoms with Gasteiger partial charge in [-0.25, -0.2) is 4.39 Å². The molecule has 0 aliphatic rings. The van der Waals surface area contributed by atoms with Crippen LogP contribution in [0, 0.1) is 17.1 Å². The molecule has 21 heavy (non-hydrogen) atoms. The number of nitriles is 1. The van der Waals surface area contributed by atoms with E-state index in [1.165, 1.54) is 23.9 Å². The van der Waals surface area contributed by atoms with E-state index < -0.39 is 0 Å². The highest BCUT2D eigenvalue weighted by Crippen LogP contribution is 2.30. The van der Waals surface area contributed by atoms with Crippen LogP contribution < -0.4 is 5.32 Å².